The maximum atomic E-state index is 13.0. The molecule has 0 aliphatic carbocycles. The van der Waals surface area contributed by atoms with E-state index in [-0.39, 0.29) is 6.61 Å². The second-order valence-corrected chi connectivity index (χ2v) is 9.16. The Labute approximate surface area is 212 Å². The highest BCUT2D eigenvalue weighted by Crippen LogP contribution is 2.32. The summed E-state index contributed by atoms with van der Waals surface area (Å²) < 4.78 is 13.0. The smallest absolute Gasteiger partial charge is 0.338 e. The van der Waals surface area contributed by atoms with Gasteiger partial charge >= 0.3 is 12.0 Å². The van der Waals surface area contributed by atoms with Gasteiger partial charge in [0.05, 0.1) is 29.5 Å². The van der Waals surface area contributed by atoms with Gasteiger partial charge in [0, 0.05) is 18.0 Å². The van der Waals surface area contributed by atoms with Crippen LogP contribution in [0.4, 0.5) is 4.79 Å². The van der Waals surface area contributed by atoms with E-state index in [2.05, 4.69) is 33.4 Å². The molecule has 4 aromatic rings. The fraction of sp³-hybridized carbons (Fsp3) is 0.222. The molecule has 1 aliphatic rings. The number of benzene rings is 2. The number of nitrogens with zero attached hydrogens (tertiary/aromatic N) is 2. The zero-order valence-electron chi connectivity index (χ0n) is 19.8. The van der Waals surface area contributed by atoms with Crippen LogP contribution in [0.2, 0.25) is 0 Å². The highest BCUT2D eigenvalue weighted by Gasteiger charge is 2.35. The van der Waals surface area contributed by atoms with Gasteiger partial charge in [-0.2, -0.15) is 0 Å². The van der Waals surface area contributed by atoms with Crippen molar-refractivity contribution in [2.45, 2.75) is 31.1 Å². The number of imidazole rings is 1. The van der Waals surface area contributed by atoms with E-state index in [1.165, 1.54) is 23.6 Å². The maximum Gasteiger partial charge on any atom is 0.338 e. The minimum absolute atomic E-state index is 0.219. The lowest BCUT2D eigenvalue weighted by molar-refractivity contribution is -0.139. The van der Waals surface area contributed by atoms with Crippen LogP contribution in [0, 0.1) is 0 Å². The molecule has 2 aromatic carbocycles. The lowest BCUT2D eigenvalue weighted by Crippen LogP contribution is -2.46. The first-order valence-corrected chi connectivity index (χ1v) is 12.8. The van der Waals surface area contributed by atoms with E-state index >= 15 is 0 Å². The number of carbonyl (C=O) groups is 2. The standard InChI is InChI=1S/C27H26N4O4S/c1-2-34-25(32)23-20(28-26(33)30-24(23)22-13-8-16-35-22)17-36-27-29-19-11-6-7-12-21(19)31(27)15-14-18-9-4-3-5-10-18/h3-13,16,24H,2,14-15,17H2,1H3,(H2,28,30,33)/t24-/m1/s1. The van der Waals surface area contributed by atoms with Gasteiger partial charge in [-0.3, -0.25) is 0 Å². The predicted molar refractivity (Wildman–Crippen MR) is 137 cm³/mol. The summed E-state index contributed by atoms with van der Waals surface area (Å²) in [5, 5.41) is 6.39. The number of fused-ring (bicyclic) bond motifs is 1. The van der Waals surface area contributed by atoms with Crippen LogP contribution in [-0.2, 0) is 22.5 Å². The summed E-state index contributed by atoms with van der Waals surface area (Å²) in [4.78, 5) is 30.3. The Morgan fingerprint density at radius 2 is 1.92 bits per heavy atom. The van der Waals surface area contributed by atoms with Crippen molar-refractivity contribution < 1.29 is 18.7 Å². The summed E-state index contributed by atoms with van der Waals surface area (Å²) in [6.45, 7) is 2.72. The number of aryl methyl sites for hydroxylation is 2. The van der Waals surface area contributed by atoms with Crippen molar-refractivity contribution in [1.82, 2.24) is 20.2 Å². The molecule has 0 saturated carbocycles. The van der Waals surface area contributed by atoms with Crippen LogP contribution >= 0.6 is 11.8 Å². The summed E-state index contributed by atoms with van der Waals surface area (Å²) >= 11 is 1.47. The minimum Gasteiger partial charge on any atom is -0.467 e. The molecular weight excluding hydrogens is 476 g/mol. The number of esters is 1. The van der Waals surface area contributed by atoms with Gasteiger partial charge in [-0.1, -0.05) is 54.2 Å². The molecule has 0 unspecified atom stereocenters. The Kier molecular flexibility index (Phi) is 7.08. The van der Waals surface area contributed by atoms with Gasteiger partial charge in [0.15, 0.2) is 5.16 Å². The van der Waals surface area contributed by atoms with Crippen LogP contribution in [0.1, 0.15) is 24.3 Å². The molecule has 8 nitrogen and oxygen atoms in total. The van der Waals surface area contributed by atoms with Crippen molar-refractivity contribution in [3.05, 3.63) is 95.6 Å². The van der Waals surface area contributed by atoms with Gasteiger partial charge in [-0.25, -0.2) is 14.6 Å². The summed E-state index contributed by atoms with van der Waals surface area (Å²) in [7, 11) is 0. The summed E-state index contributed by atoms with van der Waals surface area (Å²) in [5.74, 6) is 0.290. The van der Waals surface area contributed by atoms with E-state index in [0.29, 0.717) is 22.8 Å². The van der Waals surface area contributed by atoms with Crippen molar-refractivity contribution in [1.29, 1.82) is 0 Å². The molecule has 3 heterocycles. The Morgan fingerprint density at radius 3 is 2.69 bits per heavy atom. The molecule has 2 amide bonds. The molecule has 2 aromatic heterocycles. The summed E-state index contributed by atoms with van der Waals surface area (Å²) in [6, 6.07) is 20.6. The average molecular weight is 503 g/mol. The Morgan fingerprint density at radius 1 is 1.11 bits per heavy atom. The van der Waals surface area contributed by atoms with E-state index in [4.69, 9.17) is 14.1 Å². The fourth-order valence-corrected chi connectivity index (χ4v) is 5.26. The first kappa shape index (κ1) is 23.7. The second-order valence-electron chi connectivity index (χ2n) is 8.22. The first-order chi connectivity index (χ1) is 17.6. The SMILES string of the molecule is CCOC(=O)C1=C(CSc2nc3ccccc3n2CCc2ccccc2)NC(=O)N[C@@H]1c1ccco1. The number of amides is 2. The molecule has 0 radical (unpaired) electrons. The number of hydrogen-bond donors (Lipinski definition) is 2. The topological polar surface area (TPSA) is 98.4 Å². The fourth-order valence-electron chi connectivity index (χ4n) is 4.25. The van der Waals surface area contributed by atoms with E-state index in [9.17, 15) is 9.59 Å². The quantitative estimate of drug-likeness (QED) is 0.251. The van der Waals surface area contributed by atoms with Crippen molar-refractivity contribution >= 4 is 34.8 Å². The normalized spacial score (nSPS) is 15.6. The van der Waals surface area contributed by atoms with Crippen LogP contribution in [0.3, 0.4) is 0 Å². The number of thioether (sulfide) groups is 1. The Balaban J connectivity index is 1.46. The van der Waals surface area contributed by atoms with Crippen molar-refractivity contribution in [2.75, 3.05) is 12.4 Å². The molecule has 5 rings (SSSR count). The molecule has 1 aliphatic heterocycles. The lowest BCUT2D eigenvalue weighted by Gasteiger charge is -2.27. The third kappa shape index (κ3) is 5.01. The zero-order valence-corrected chi connectivity index (χ0v) is 20.6. The van der Waals surface area contributed by atoms with E-state index in [0.717, 1.165) is 29.2 Å². The number of carbonyl (C=O) groups excluding carboxylic acids is 2. The van der Waals surface area contributed by atoms with Gasteiger partial charge < -0.3 is 24.4 Å². The molecule has 36 heavy (non-hydrogen) atoms. The van der Waals surface area contributed by atoms with Gasteiger partial charge in [0.25, 0.3) is 0 Å². The van der Waals surface area contributed by atoms with Gasteiger partial charge in [0.2, 0.25) is 0 Å². The first-order valence-electron chi connectivity index (χ1n) is 11.8. The molecule has 0 spiro atoms. The van der Waals surface area contributed by atoms with Gasteiger partial charge in [-0.05, 0) is 43.2 Å². The molecule has 184 valence electrons. The molecule has 0 saturated heterocycles. The van der Waals surface area contributed by atoms with Crippen molar-refractivity contribution in [3.8, 4) is 0 Å². The number of urea groups is 1. The third-order valence-electron chi connectivity index (χ3n) is 5.91. The van der Waals surface area contributed by atoms with Crippen LogP contribution in [0.25, 0.3) is 11.0 Å². The predicted octanol–water partition coefficient (Wildman–Crippen LogP) is 4.84. The number of ether oxygens (including phenoxy) is 1. The summed E-state index contributed by atoms with van der Waals surface area (Å²) in [5.41, 5.74) is 3.98. The third-order valence-corrected chi connectivity index (χ3v) is 6.91. The number of aromatic nitrogens is 2. The number of hydrogen-bond acceptors (Lipinski definition) is 6. The zero-order chi connectivity index (χ0) is 24.9. The Bertz CT molecular complexity index is 1400. The lowest BCUT2D eigenvalue weighted by atomic mass is 10.0. The van der Waals surface area contributed by atoms with Crippen molar-refractivity contribution in [2.24, 2.45) is 0 Å². The Hall–Kier alpha value is -3.98. The minimum atomic E-state index is -0.736. The van der Waals surface area contributed by atoms with Crippen LogP contribution in [0.5, 0.6) is 0 Å². The highest BCUT2D eigenvalue weighted by molar-refractivity contribution is 7.99. The number of para-hydroxylation sites is 2. The van der Waals surface area contributed by atoms with Crippen LogP contribution < -0.4 is 10.6 Å². The molecule has 2 N–H and O–H groups in total. The highest BCUT2D eigenvalue weighted by atomic mass is 32.2. The number of rotatable bonds is 9. The molecule has 1 atom stereocenters. The van der Waals surface area contributed by atoms with Crippen LogP contribution in [0.15, 0.2) is 93.8 Å². The average Bonchev–Trinajstić information content (AvgIpc) is 3.55. The van der Waals surface area contributed by atoms with E-state index in [1.54, 1.807) is 19.1 Å². The number of nitrogens with one attached hydrogen (secondary N) is 2. The van der Waals surface area contributed by atoms with Gasteiger partial charge in [-0.15, -0.1) is 0 Å². The van der Waals surface area contributed by atoms with E-state index < -0.39 is 18.0 Å². The number of furan rings is 1. The molecule has 9 heteroatoms. The largest absolute Gasteiger partial charge is 0.467 e. The van der Waals surface area contributed by atoms with Crippen molar-refractivity contribution in [3.63, 3.8) is 0 Å². The second kappa shape index (κ2) is 10.7. The van der Waals surface area contributed by atoms with E-state index in [1.807, 2.05) is 36.4 Å². The van der Waals surface area contributed by atoms with Crippen LogP contribution in [-0.4, -0.2) is 33.9 Å². The summed E-state index contributed by atoms with van der Waals surface area (Å²) in [6.07, 6.45) is 2.36. The molecule has 0 bridgehead atoms. The van der Waals surface area contributed by atoms with Gasteiger partial charge in [0.1, 0.15) is 11.8 Å². The maximum absolute atomic E-state index is 13.0. The molecule has 0 fully saturated rings. The monoisotopic (exact) mass is 502 g/mol. The molecular formula is C27H26N4O4S.